The quantitative estimate of drug-likeness (QED) is 0.878. The average molecular weight is 326 g/mol. The number of halogens is 1. The van der Waals surface area contributed by atoms with Crippen LogP contribution in [0.15, 0.2) is 42.6 Å². The molecule has 82 valence electrons. The highest BCUT2D eigenvalue weighted by Gasteiger charge is 2.00. The van der Waals surface area contributed by atoms with E-state index in [1.807, 2.05) is 36.4 Å². The summed E-state index contributed by atoms with van der Waals surface area (Å²) in [6, 6.07) is 11.7. The van der Waals surface area contributed by atoms with E-state index in [2.05, 4.69) is 32.9 Å². The fraction of sp³-hybridized carbons (Fsp3) is 0.0833. The van der Waals surface area contributed by atoms with Crippen molar-refractivity contribution in [2.75, 3.05) is 12.4 Å². The summed E-state index contributed by atoms with van der Waals surface area (Å²) in [6.07, 6.45) is 1.77. The van der Waals surface area contributed by atoms with Gasteiger partial charge in [0.05, 0.1) is 10.7 Å². The molecule has 0 amide bonds. The zero-order valence-corrected chi connectivity index (χ0v) is 10.9. The molecule has 1 heterocycles. The van der Waals surface area contributed by atoms with Crippen molar-refractivity contribution in [3.63, 3.8) is 0 Å². The molecule has 2 aromatic rings. The van der Waals surface area contributed by atoms with E-state index in [1.54, 1.807) is 13.3 Å². The van der Waals surface area contributed by atoms with Gasteiger partial charge in [-0.25, -0.2) is 4.98 Å². The van der Waals surface area contributed by atoms with E-state index in [4.69, 9.17) is 4.74 Å². The van der Waals surface area contributed by atoms with Crippen LogP contribution >= 0.6 is 22.6 Å². The summed E-state index contributed by atoms with van der Waals surface area (Å²) in [6.45, 7) is 0. The summed E-state index contributed by atoms with van der Waals surface area (Å²) in [7, 11) is 1.66. The zero-order valence-electron chi connectivity index (χ0n) is 8.77. The molecule has 0 atom stereocenters. The van der Waals surface area contributed by atoms with E-state index in [1.165, 1.54) is 0 Å². The van der Waals surface area contributed by atoms with Gasteiger partial charge in [0.2, 0.25) is 0 Å². The second-order valence-electron chi connectivity index (χ2n) is 3.19. The van der Waals surface area contributed by atoms with Gasteiger partial charge in [-0.05, 0) is 59.0 Å². The summed E-state index contributed by atoms with van der Waals surface area (Å²) in [5, 5.41) is 3.25. The molecular weight excluding hydrogens is 315 g/mol. The lowest BCUT2D eigenvalue weighted by Crippen LogP contribution is -1.95. The number of nitrogens with zero attached hydrogens (tertiary/aromatic N) is 1. The fourth-order valence-electron chi connectivity index (χ4n) is 1.29. The number of nitrogens with one attached hydrogen (secondary N) is 1. The topological polar surface area (TPSA) is 34.1 Å². The smallest absolute Gasteiger partial charge is 0.143 e. The van der Waals surface area contributed by atoms with E-state index < -0.39 is 0 Å². The molecule has 0 saturated carbocycles. The van der Waals surface area contributed by atoms with Gasteiger partial charge in [0.15, 0.2) is 0 Å². The van der Waals surface area contributed by atoms with Crippen LogP contribution in [0.5, 0.6) is 5.75 Å². The predicted octanol–water partition coefficient (Wildman–Crippen LogP) is 3.44. The Morgan fingerprint density at radius 3 is 2.56 bits per heavy atom. The van der Waals surface area contributed by atoms with Crippen molar-refractivity contribution < 1.29 is 4.74 Å². The molecule has 0 saturated heterocycles. The number of anilines is 2. The van der Waals surface area contributed by atoms with Gasteiger partial charge < -0.3 is 10.1 Å². The van der Waals surface area contributed by atoms with Crippen molar-refractivity contribution in [2.45, 2.75) is 0 Å². The lowest BCUT2D eigenvalue weighted by Gasteiger charge is -2.07. The van der Waals surface area contributed by atoms with Gasteiger partial charge in [0, 0.05) is 11.9 Å². The van der Waals surface area contributed by atoms with E-state index in [0.717, 1.165) is 20.8 Å². The first-order chi connectivity index (χ1) is 7.79. The number of benzene rings is 1. The summed E-state index contributed by atoms with van der Waals surface area (Å²) in [4.78, 5) is 4.27. The molecule has 16 heavy (non-hydrogen) atoms. The Labute approximate surface area is 108 Å². The Morgan fingerprint density at radius 2 is 1.94 bits per heavy atom. The van der Waals surface area contributed by atoms with Gasteiger partial charge in [-0.3, -0.25) is 0 Å². The third-order valence-corrected chi connectivity index (χ3v) is 2.98. The monoisotopic (exact) mass is 326 g/mol. The largest absolute Gasteiger partial charge is 0.497 e. The first-order valence-electron chi connectivity index (χ1n) is 4.81. The van der Waals surface area contributed by atoms with Crippen LogP contribution in [0.1, 0.15) is 0 Å². The highest BCUT2D eigenvalue weighted by atomic mass is 127. The third kappa shape index (κ3) is 2.63. The molecule has 4 heteroatoms. The fourth-order valence-corrected chi connectivity index (χ4v) is 1.77. The molecular formula is C12H11IN2O. The van der Waals surface area contributed by atoms with E-state index in [9.17, 15) is 0 Å². The second-order valence-corrected chi connectivity index (χ2v) is 4.35. The maximum atomic E-state index is 5.10. The van der Waals surface area contributed by atoms with Crippen LogP contribution < -0.4 is 10.1 Å². The van der Waals surface area contributed by atoms with Gasteiger partial charge in [0.1, 0.15) is 11.6 Å². The van der Waals surface area contributed by atoms with Crippen molar-refractivity contribution in [3.8, 4) is 5.75 Å². The molecule has 3 nitrogen and oxygen atoms in total. The second kappa shape index (κ2) is 5.16. The number of rotatable bonds is 3. The van der Waals surface area contributed by atoms with Crippen molar-refractivity contribution in [1.29, 1.82) is 0 Å². The maximum Gasteiger partial charge on any atom is 0.143 e. The predicted molar refractivity (Wildman–Crippen MR) is 73.2 cm³/mol. The minimum atomic E-state index is 0.848. The molecule has 2 rings (SSSR count). The van der Waals surface area contributed by atoms with Crippen LogP contribution in [-0.2, 0) is 0 Å². The third-order valence-electron chi connectivity index (χ3n) is 2.11. The Bertz CT molecular complexity index is 471. The van der Waals surface area contributed by atoms with Crippen LogP contribution in [0.4, 0.5) is 11.5 Å². The van der Waals surface area contributed by atoms with Gasteiger partial charge in [-0.1, -0.05) is 0 Å². The molecule has 0 unspecified atom stereocenters. The number of methoxy groups -OCH3 is 1. The lowest BCUT2D eigenvalue weighted by molar-refractivity contribution is 0.415. The summed E-state index contributed by atoms with van der Waals surface area (Å²) in [5.74, 6) is 1.72. The highest BCUT2D eigenvalue weighted by Crippen LogP contribution is 2.21. The van der Waals surface area contributed by atoms with E-state index >= 15 is 0 Å². The summed E-state index contributed by atoms with van der Waals surface area (Å²) < 4.78 is 6.19. The summed E-state index contributed by atoms with van der Waals surface area (Å²) in [5.41, 5.74) is 0.998. The maximum absolute atomic E-state index is 5.10. The van der Waals surface area contributed by atoms with E-state index in [0.29, 0.717) is 0 Å². The normalized spacial score (nSPS) is 9.88. The van der Waals surface area contributed by atoms with Crippen LogP contribution in [-0.4, -0.2) is 12.1 Å². The van der Waals surface area contributed by atoms with Gasteiger partial charge in [-0.15, -0.1) is 0 Å². The number of pyridine rings is 1. The van der Waals surface area contributed by atoms with Crippen molar-refractivity contribution in [1.82, 2.24) is 4.98 Å². The number of hydrogen-bond donors (Lipinski definition) is 1. The minimum Gasteiger partial charge on any atom is -0.497 e. The molecule has 0 aliphatic carbocycles. The number of hydrogen-bond acceptors (Lipinski definition) is 3. The van der Waals surface area contributed by atoms with Crippen LogP contribution in [0.25, 0.3) is 0 Å². The highest BCUT2D eigenvalue weighted by molar-refractivity contribution is 14.1. The molecule has 0 aliphatic rings. The molecule has 1 N–H and O–H groups in total. The zero-order chi connectivity index (χ0) is 11.4. The molecule has 0 spiro atoms. The van der Waals surface area contributed by atoms with Gasteiger partial charge in [-0.2, -0.15) is 0 Å². The Balaban J connectivity index is 2.18. The first-order valence-corrected chi connectivity index (χ1v) is 5.89. The Kier molecular flexibility index (Phi) is 3.61. The molecule has 0 bridgehead atoms. The molecule has 0 radical (unpaired) electrons. The lowest BCUT2D eigenvalue weighted by atomic mass is 10.3. The van der Waals surface area contributed by atoms with E-state index in [-0.39, 0.29) is 0 Å². The van der Waals surface area contributed by atoms with Crippen LogP contribution in [0.2, 0.25) is 0 Å². The van der Waals surface area contributed by atoms with Crippen molar-refractivity contribution >= 4 is 34.1 Å². The van der Waals surface area contributed by atoms with Crippen LogP contribution in [0, 0.1) is 3.57 Å². The average Bonchev–Trinajstić information content (AvgIpc) is 2.33. The summed E-state index contributed by atoms with van der Waals surface area (Å²) >= 11 is 2.25. The molecule has 0 aliphatic heterocycles. The van der Waals surface area contributed by atoms with Crippen molar-refractivity contribution in [3.05, 3.63) is 46.2 Å². The number of ether oxygens (including phenoxy) is 1. The van der Waals surface area contributed by atoms with Gasteiger partial charge in [0.25, 0.3) is 0 Å². The van der Waals surface area contributed by atoms with Crippen molar-refractivity contribution in [2.24, 2.45) is 0 Å². The standard InChI is InChI=1S/C12H11IN2O/c1-16-10-6-4-9(5-7-10)15-12-11(13)3-2-8-14-12/h2-8H,1H3,(H,14,15). The van der Waals surface area contributed by atoms with Gasteiger partial charge >= 0.3 is 0 Å². The molecule has 1 aromatic carbocycles. The molecule has 0 fully saturated rings. The first kappa shape index (κ1) is 11.2. The Hall–Kier alpha value is -1.30. The Morgan fingerprint density at radius 1 is 1.19 bits per heavy atom. The SMILES string of the molecule is COc1ccc(Nc2ncccc2I)cc1. The number of aromatic nitrogens is 1. The molecule has 1 aromatic heterocycles. The van der Waals surface area contributed by atoms with Crippen LogP contribution in [0.3, 0.4) is 0 Å². The minimum absolute atomic E-state index is 0.848.